The minimum absolute atomic E-state index is 0.651. The fourth-order valence-corrected chi connectivity index (χ4v) is 4.99. The van der Waals surface area contributed by atoms with E-state index in [1.54, 1.807) is 32.6 Å². The number of fused-ring (bicyclic) bond motifs is 2. The number of hydrogen-bond donors (Lipinski definition) is 0. The second-order valence-electron chi connectivity index (χ2n) is 7.68. The lowest BCUT2D eigenvalue weighted by Crippen LogP contribution is -1.97. The molecule has 5 rings (SSSR count). The van der Waals surface area contributed by atoms with E-state index in [4.69, 9.17) is 0 Å². The predicted octanol–water partition coefficient (Wildman–Crippen LogP) is 4.38. The van der Waals surface area contributed by atoms with Gasteiger partial charge in [0.15, 0.2) is 0 Å². The lowest BCUT2D eigenvalue weighted by Gasteiger charge is -2.02. The summed E-state index contributed by atoms with van der Waals surface area (Å²) in [6, 6.07) is 12.6. The van der Waals surface area contributed by atoms with E-state index in [2.05, 4.69) is 54.4 Å². The molecule has 5 aromatic rings. The summed E-state index contributed by atoms with van der Waals surface area (Å²) in [5, 5.41) is 10.6. The molecule has 0 N–H and O–H groups in total. The molecule has 8 nitrogen and oxygen atoms in total. The maximum Gasteiger partial charge on any atom is 0.253 e. The molecule has 10 heteroatoms. The Morgan fingerprint density at radius 3 is 1.44 bits per heavy atom. The van der Waals surface area contributed by atoms with Crippen molar-refractivity contribution in [3.8, 4) is 0 Å². The van der Waals surface area contributed by atoms with Crippen LogP contribution in [0.1, 0.15) is 33.9 Å². The molecule has 32 heavy (non-hydrogen) atoms. The Morgan fingerprint density at radius 1 is 0.625 bits per heavy atom. The Balaban J connectivity index is 1.21. The summed E-state index contributed by atoms with van der Waals surface area (Å²) in [7, 11) is 0. The smallest absolute Gasteiger partial charge is 0.216 e. The Kier molecular flexibility index (Phi) is 5.56. The van der Waals surface area contributed by atoms with Crippen LogP contribution in [0.2, 0.25) is 0 Å². The molecular weight excluding hydrogens is 440 g/mol. The summed E-state index contributed by atoms with van der Waals surface area (Å²) < 4.78 is 3.59. The molecule has 4 aromatic heterocycles. The molecule has 0 aliphatic carbocycles. The molecule has 0 bridgehead atoms. The van der Waals surface area contributed by atoms with Gasteiger partial charge >= 0.3 is 0 Å². The highest BCUT2D eigenvalue weighted by molar-refractivity contribution is 7.98. The van der Waals surface area contributed by atoms with Gasteiger partial charge in [0.1, 0.15) is 0 Å². The third-order valence-corrected chi connectivity index (χ3v) is 6.77. The fourth-order valence-electron chi connectivity index (χ4n) is 3.45. The Labute approximate surface area is 193 Å². The van der Waals surface area contributed by atoms with Crippen LogP contribution < -0.4 is 0 Å². The highest BCUT2D eigenvalue weighted by Crippen LogP contribution is 2.23. The van der Waals surface area contributed by atoms with Crippen molar-refractivity contribution in [2.75, 3.05) is 0 Å². The van der Waals surface area contributed by atoms with Gasteiger partial charge in [0.05, 0.1) is 0 Å². The van der Waals surface area contributed by atoms with Crippen LogP contribution >= 0.6 is 23.5 Å². The maximum atomic E-state index is 4.56. The molecule has 0 saturated heterocycles. The summed E-state index contributed by atoms with van der Waals surface area (Å²) >= 11 is 3.23. The molecule has 162 valence electrons. The second-order valence-corrected chi connectivity index (χ2v) is 9.57. The normalized spacial score (nSPS) is 11.6. The molecule has 0 amide bonds. The molecule has 0 aliphatic heterocycles. The van der Waals surface area contributed by atoms with Crippen LogP contribution in [-0.2, 0) is 11.5 Å². The molecule has 0 aliphatic rings. The third-order valence-electron chi connectivity index (χ3n) is 4.96. The average molecular weight is 463 g/mol. The quantitative estimate of drug-likeness (QED) is 0.344. The molecule has 0 saturated carbocycles. The molecule has 0 unspecified atom stereocenters. The van der Waals surface area contributed by atoms with Gasteiger partial charge in [0, 0.05) is 34.3 Å². The van der Waals surface area contributed by atoms with Gasteiger partial charge in [-0.25, -0.2) is 19.0 Å². The summed E-state index contributed by atoms with van der Waals surface area (Å²) in [4.78, 5) is 18.0. The fraction of sp³-hybridized carbons (Fsp3) is 0.273. The molecule has 0 atom stereocenters. The van der Waals surface area contributed by atoms with Crippen LogP contribution in [0.4, 0.5) is 0 Å². The Hall–Kier alpha value is -2.98. The zero-order valence-corrected chi connectivity index (χ0v) is 19.9. The first-order valence-corrected chi connectivity index (χ1v) is 12.2. The van der Waals surface area contributed by atoms with Crippen LogP contribution in [0.3, 0.4) is 0 Å². The zero-order chi connectivity index (χ0) is 22.2. The first kappa shape index (κ1) is 20.9. The van der Waals surface area contributed by atoms with E-state index in [-0.39, 0.29) is 0 Å². The minimum atomic E-state index is 0.651. The van der Waals surface area contributed by atoms with Crippen LogP contribution in [0, 0.1) is 27.7 Å². The van der Waals surface area contributed by atoms with Gasteiger partial charge in [-0.2, -0.15) is 9.97 Å². The third kappa shape index (κ3) is 4.33. The van der Waals surface area contributed by atoms with E-state index in [9.17, 15) is 0 Å². The number of rotatable bonds is 6. The van der Waals surface area contributed by atoms with Crippen molar-refractivity contribution in [1.82, 2.24) is 39.2 Å². The van der Waals surface area contributed by atoms with E-state index in [1.165, 1.54) is 11.1 Å². The number of hydrogen-bond acceptors (Lipinski definition) is 8. The molecule has 4 heterocycles. The van der Waals surface area contributed by atoms with Gasteiger partial charge in [0.2, 0.25) is 10.3 Å². The van der Waals surface area contributed by atoms with Crippen LogP contribution in [-0.4, -0.2) is 39.2 Å². The lowest BCUT2D eigenvalue weighted by atomic mass is 10.2. The first-order chi connectivity index (χ1) is 15.4. The summed E-state index contributed by atoms with van der Waals surface area (Å²) in [6.07, 6.45) is 0. The predicted molar refractivity (Wildman–Crippen MR) is 126 cm³/mol. The average Bonchev–Trinajstić information content (AvgIpc) is 3.35. The number of aromatic nitrogens is 8. The van der Waals surface area contributed by atoms with Crippen molar-refractivity contribution in [3.05, 3.63) is 70.3 Å². The van der Waals surface area contributed by atoms with E-state index < -0.39 is 0 Å². The van der Waals surface area contributed by atoms with E-state index in [0.29, 0.717) is 11.6 Å². The zero-order valence-electron chi connectivity index (χ0n) is 18.3. The van der Waals surface area contributed by atoms with E-state index in [0.717, 1.165) is 44.6 Å². The number of thioether (sulfide) groups is 2. The molecular formula is C22H22N8S2. The van der Waals surface area contributed by atoms with Crippen molar-refractivity contribution in [2.45, 2.75) is 49.5 Å². The SMILES string of the molecule is Cc1cc(C)n2nc(SCc3ccc(CSc4nc5nc(C)cc(C)n5n4)cc3)nc2n1. The van der Waals surface area contributed by atoms with Crippen molar-refractivity contribution < 1.29 is 0 Å². The Morgan fingerprint density at radius 2 is 1.03 bits per heavy atom. The number of benzene rings is 1. The minimum Gasteiger partial charge on any atom is -0.216 e. The largest absolute Gasteiger partial charge is 0.253 e. The van der Waals surface area contributed by atoms with Crippen molar-refractivity contribution in [2.24, 2.45) is 0 Å². The number of nitrogens with zero attached hydrogens (tertiary/aromatic N) is 8. The highest BCUT2D eigenvalue weighted by Gasteiger charge is 2.10. The van der Waals surface area contributed by atoms with Crippen molar-refractivity contribution in [1.29, 1.82) is 0 Å². The van der Waals surface area contributed by atoms with Gasteiger partial charge in [-0.05, 0) is 51.0 Å². The standard InChI is InChI=1S/C22H22N8S2/c1-13-9-15(3)29-19(23-13)25-21(27-29)31-11-17-5-7-18(8-6-17)12-32-22-26-20-24-14(2)10-16(4)30(20)28-22/h5-10H,11-12H2,1-4H3. The van der Waals surface area contributed by atoms with Crippen molar-refractivity contribution in [3.63, 3.8) is 0 Å². The van der Waals surface area contributed by atoms with Crippen LogP contribution in [0.25, 0.3) is 11.6 Å². The molecule has 0 spiro atoms. The molecule has 1 aromatic carbocycles. The summed E-state index contributed by atoms with van der Waals surface area (Å²) in [5.41, 5.74) is 6.43. The highest BCUT2D eigenvalue weighted by atomic mass is 32.2. The Bertz CT molecular complexity index is 1310. The molecule has 0 radical (unpaired) electrons. The monoisotopic (exact) mass is 462 g/mol. The van der Waals surface area contributed by atoms with Gasteiger partial charge in [0.25, 0.3) is 11.6 Å². The van der Waals surface area contributed by atoms with Gasteiger partial charge in [-0.15, -0.1) is 10.2 Å². The summed E-state index contributed by atoms with van der Waals surface area (Å²) in [5.74, 6) is 2.92. The topological polar surface area (TPSA) is 86.2 Å². The van der Waals surface area contributed by atoms with Gasteiger partial charge in [-0.3, -0.25) is 0 Å². The van der Waals surface area contributed by atoms with E-state index in [1.807, 2.05) is 39.8 Å². The van der Waals surface area contributed by atoms with E-state index >= 15 is 0 Å². The van der Waals surface area contributed by atoms with Gasteiger partial charge in [-0.1, -0.05) is 47.8 Å². The molecule has 0 fully saturated rings. The van der Waals surface area contributed by atoms with Crippen LogP contribution in [0.5, 0.6) is 0 Å². The van der Waals surface area contributed by atoms with Crippen molar-refractivity contribution >= 4 is 35.1 Å². The number of aryl methyl sites for hydroxylation is 4. The van der Waals surface area contributed by atoms with Gasteiger partial charge < -0.3 is 0 Å². The maximum absolute atomic E-state index is 4.56. The second kappa shape index (κ2) is 8.51. The first-order valence-electron chi connectivity index (χ1n) is 10.2. The lowest BCUT2D eigenvalue weighted by molar-refractivity contribution is 0.843. The van der Waals surface area contributed by atoms with Crippen LogP contribution in [0.15, 0.2) is 46.7 Å². The summed E-state index contributed by atoms with van der Waals surface area (Å²) in [6.45, 7) is 7.97.